The molecule has 0 saturated heterocycles. The number of carboxylic acid groups (broad SMARTS) is 1. The molecule has 3 aromatic rings. The molecule has 0 spiro atoms. The summed E-state index contributed by atoms with van der Waals surface area (Å²) >= 11 is 0. The van der Waals surface area contributed by atoms with Crippen LogP contribution in [0.15, 0.2) is 60.7 Å². The number of fused-ring (bicyclic) bond motifs is 1. The van der Waals surface area contributed by atoms with Crippen LogP contribution in [0.5, 0.6) is 11.5 Å². The van der Waals surface area contributed by atoms with Gasteiger partial charge in [-0.05, 0) is 53.9 Å². The molecule has 2 atom stereocenters. The lowest BCUT2D eigenvalue weighted by Gasteiger charge is -2.25. The topological polar surface area (TPSA) is 148 Å². The van der Waals surface area contributed by atoms with Crippen molar-refractivity contribution < 1.29 is 38.6 Å². The molecule has 0 aliphatic carbocycles. The quantitative estimate of drug-likeness (QED) is 0.254. The fourth-order valence-electron chi connectivity index (χ4n) is 4.26. The van der Waals surface area contributed by atoms with E-state index in [0.717, 1.165) is 10.8 Å². The van der Waals surface area contributed by atoms with Gasteiger partial charge in [0.2, 0.25) is 11.8 Å². The maximum Gasteiger partial charge on any atom is 0.305 e. The summed E-state index contributed by atoms with van der Waals surface area (Å²) in [5.74, 6) is -2.86. The SMILES string of the molecule is COc1ccc(C(C)=O)cc1CC(=O)N[C@H](C(=O)NC(CC(=O)O)C(=O)COc1ccc2ccccc2c1)C(C)C. The van der Waals surface area contributed by atoms with E-state index in [4.69, 9.17) is 9.47 Å². The number of hydrogen-bond donors (Lipinski definition) is 3. The predicted molar refractivity (Wildman–Crippen MR) is 152 cm³/mol. The Bertz CT molecular complexity index is 1450. The highest BCUT2D eigenvalue weighted by Crippen LogP contribution is 2.22. The molecule has 3 N–H and O–H groups in total. The summed E-state index contributed by atoms with van der Waals surface area (Å²) < 4.78 is 10.9. The first kappa shape index (κ1) is 30.8. The van der Waals surface area contributed by atoms with E-state index in [0.29, 0.717) is 22.6 Å². The number of carboxylic acids is 1. The lowest BCUT2D eigenvalue weighted by Crippen LogP contribution is -2.54. The number of methoxy groups -OCH3 is 1. The normalized spacial score (nSPS) is 12.3. The van der Waals surface area contributed by atoms with Gasteiger partial charge in [0, 0.05) is 11.1 Å². The number of rotatable bonds is 14. The summed E-state index contributed by atoms with van der Waals surface area (Å²) in [6, 6.07) is 15.2. The Hall–Kier alpha value is -4.73. The van der Waals surface area contributed by atoms with E-state index in [9.17, 15) is 29.1 Å². The molecule has 0 aliphatic heterocycles. The largest absolute Gasteiger partial charge is 0.496 e. The molecule has 10 heteroatoms. The second-order valence-electron chi connectivity index (χ2n) is 9.97. The number of ketones is 2. The van der Waals surface area contributed by atoms with Gasteiger partial charge in [-0.3, -0.25) is 24.0 Å². The summed E-state index contributed by atoms with van der Waals surface area (Å²) in [4.78, 5) is 62.3. The van der Waals surface area contributed by atoms with Gasteiger partial charge in [-0.2, -0.15) is 0 Å². The van der Waals surface area contributed by atoms with Crippen molar-refractivity contribution in [1.29, 1.82) is 0 Å². The lowest BCUT2D eigenvalue weighted by molar-refractivity contribution is -0.141. The van der Waals surface area contributed by atoms with Gasteiger partial charge in [-0.1, -0.05) is 44.2 Å². The maximum atomic E-state index is 13.2. The predicted octanol–water partition coefficient (Wildman–Crippen LogP) is 3.34. The molecule has 0 radical (unpaired) electrons. The summed E-state index contributed by atoms with van der Waals surface area (Å²) in [6.45, 7) is 4.37. The van der Waals surface area contributed by atoms with Crippen LogP contribution < -0.4 is 20.1 Å². The van der Waals surface area contributed by atoms with Crippen molar-refractivity contribution in [1.82, 2.24) is 10.6 Å². The minimum Gasteiger partial charge on any atom is -0.496 e. The first-order valence-corrected chi connectivity index (χ1v) is 13.1. The van der Waals surface area contributed by atoms with E-state index in [1.54, 1.807) is 44.2 Å². The number of Topliss-reactive ketones (excluding diaryl/α,β-unsaturated/α-hetero) is 2. The van der Waals surface area contributed by atoms with Crippen molar-refractivity contribution >= 4 is 40.1 Å². The molecule has 1 unspecified atom stereocenters. The molecule has 0 fully saturated rings. The number of hydrogen-bond acceptors (Lipinski definition) is 7. The number of ether oxygens (including phenoxy) is 2. The van der Waals surface area contributed by atoms with Crippen molar-refractivity contribution in [3.8, 4) is 11.5 Å². The van der Waals surface area contributed by atoms with E-state index in [2.05, 4.69) is 10.6 Å². The van der Waals surface area contributed by atoms with Gasteiger partial charge in [0.15, 0.2) is 11.6 Å². The third-order valence-corrected chi connectivity index (χ3v) is 6.49. The molecule has 0 heterocycles. The third-order valence-electron chi connectivity index (χ3n) is 6.49. The fraction of sp³-hybridized carbons (Fsp3) is 0.323. The zero-order chi connectivity index (χ0) is 30.1. The molecule has 2 amide bonds. The Kier molecular flexibility index (Phi) is 10.6. The van der Waals surface area contributed by atoms with E-state index < -0.39 is 48.7 Å². The van der Waals surface area contributed by atoms with Gasteiger partial charge in [-0.15, -0.1) is 0 Å². The van der Waals surface area contributed by atoms with Gasteiger partial charge in [0.1, 0.15) is 30.2 Å². The second-order valence-corrected chi connectivity index (χ2v) is 9.97. The molecular formula is C31H34N2O8. The number of benzene rings is 3. The average Bonchev–Trinajstić information content (AvgIpc) is 2.93. The molecule has 3 rings (SSSR count). The molecule has 3 aromatic carbocycles. The van der Waals surface area contributed by atoms with Crippen molar-refractivity contribution in [2.45, 2.75) is 45.7 Å². The standard InChI is InChI=1S/C31H34N2O8/c1-18(2)30(33-28(36)15-23-13-21(19(3)34)10-12-27(23)40-4)31(39)32-25(16-29(37)38)26(35)17-41-24-11-9-20-7-5-6-8-22(20)14-24/h5-14,18,25,30H,15-17H2,1-4H3,(H,32,39)(H,33,36)(H,37,38)/t25?,30-/m0/s1. The third kappa shape index (κ3) is 8.63. The van der Waals surface area contributed by atoms with Gasteiger partial charge >= 0.3 is 5.97 Å². The Morgan fingerprint density at radius 1 is 0.902 bits per heavy atom. The van der Waals surface area contributed by atoms with Crippen LogP contribution in [0.4, 0.5) is 0 Å². The zero-order valence-corrected chi connectivity index (χ0v) is 23.4. The molecule has 41 heavy (non-hydrogen) atoms. The van der Waals surface area contributed by atoms with Crippen molar-refractivity contribution in [3.63, 3.8) is 0 Å². The second kappa shape index (κ2) is 14.1. The first-order valence-electron chi connectivity index (χ1n) is 13.1. The van der Waals surface area contributed by atoms with Gasteiger partial charge in [0.05, 0.1) is 20.0 Å². The summed E-state index contributed by atoms with van der Waals surface area (Å²) in [6.07, 6.45) is -0.822. The van der Waals surface area contributed by atoms with Crippen LogP contribution in [0.2, 0.25) is 0 Å². The molecule has 0 aliphatic rings. The molecule has 0 bridgehead atoms. The number of aliphatic carboxylic acids is 1. The van der Waals surface area contributed by atoms with Crippen LogP contribution >= 0.6 is 0 Å². The van der Waals surface area contributed by atoms with Gasteiger partial charge in [-0.25, -0.2) is 0 Å². The monoisotopic (exact) mass is 562 g/mol. The highest BCUT2D eigenvalue weighted by atomic mass is 16.5. The van der Waals surface area contributed by atoms with E-state index in [-0.39, 0.29) is 18.1 Å². The highest BCUT2D eigenvalue weighted by molar-refractivity contribution is 5.96. The fourth-order valence-corrected chi connectivity index (χ4v) is 4.26. The van der Waals surface area contributed by atoms with Crippen LogP contribution in [0.1, 0.15) is 43.1 Å². The highest BCUT2D eigenvalue weighted by Gasteiger charge is 2.30. The number of amides is 2. The summed E-state index contributed by atoms with van der Waals surface area (Å²) in [5.41, 5.74) is 0.873. The zero-order valence-electron chi connectivity index (χ0n) is 23.4. The molecule has 0 aromatic heterocycles. The van der Waals surface area contributed by atoms with E-state index in [1.807, 2.05) is 30.3 Å². The Morgan fingerprint density at radius 2 is 1.61 bits per heavy atom. The molecule has 10 nitrogen and oxygen atoms in total. The summed E-state index contributed by atoms with van der Waals surface area (Å²) in [5, 5.41) is 16.4. The number of carbonyl (C=O) groups is 5. The van der Waals surface area contributed by atoms with Crippen LogP contribution in [0.3, 0.4) is 0 Å². The maximum absolute atomic E-state index is 13.2. The van der Waals surface area contributed by atoms with E-state index >= 15 is 0 Å². The van der Waals surface area contributed by atoms with Crippen molar-refractivity contribution in [2.24, 2.45) is 5.92 Å². The van der Waals surface area contributed by atoms with Gasteiger partial charge < -0.3 is 25.2 Å². The Labute approximate surface area is 238 Å². The lowest BCUT2D eigenvalue weighted by atomic mass is 10.0. The van der Waals surface area contributed by atoms with Crippen molar-refractivity contribution in [3.05, 3.63) is 71.8 Å². The minimum atomic E-state index is -1.37. The van der Waals surface area contributed by atoms with Crippen LogP contribution in [0.25, 0.3) is 10.8 Å². The average molecular weight is 563 g/mol. The number of nitrogens with one attached hydrogen (secondary N) is 2. The van der Waals surface area contributed by atoms with Crippen LogP contribution in [-0.4, -0.2) is 60.3 Å². The Morgan fingerprint density at radius 3 is 2.24 bits per heavy atom. The molecule has 0 saturated carbocycles. The minimum absolute atomic E-state index is 0.169. The van der Waals surface area contributed by atoms with E-state index in [1.165, 1.54) is 14.0 Å². The van der Waals surface area contributed by atoms with Crippen LogP contribution in [0, 0.1) is 5.92 Å². The van der Waals surface area contributed by atoms with Crippen LogP contribution in [-0.2, 0) is 25.6 Å². The molecule has 216 valence electrons. The molecular weight excluding hydrogens is 528 g/mol. The van der Waals surface area contributed by atoms with Gasteiger partial charge in [0.25, 0.3) is 0 Å². The first-order chi connectivity index (χ1) is 19.5. The van der Waals surface area contributed by atoms with Crippen molar-refractivity contribution in [2.75, 3.05) is 13.7 Å². The summed E-state index contributed by atoms with van der Waals surface area (Å²) in [7, 11) is 1.44. The smallest absolute Gasteiger partial charge is 0.305 e. The Balaban J connectivity index is 1.68. The number of carbonyl (C=O) groups excluding carboxylic acids is 4.